The van der Waals surface area contributed by atoms with Crippen molar-refractivity contribution >= 4 is 0 Å². The minimum atomic E-state index is -1.17. The van der Waals surface area contributed by atoms with E-state index in [4.69, 9.17) is 4.74 Å². The molecule has 1 aliphatic rings. The average molecular weight is 192 g/mol. The SMILES string of the molecule is CNN[C@@H]1[C@H](O)[C@H](O)[C@H](O)[C@H]1OC. The molecular weight excluding hydrogens is 176 g/mol. The fourth-order valence-electron chi connectivity index (χ4n) is 1.64. The van der Waals surface area contributed by atoms with Crippen molar-refractivity contribution in [3.8, 4) is 0 Å². The zero-order valence-corrected chi connectivity index (χ0v) is 7.64. The van der Waals surface area contributed by atoms with E-state index < -0.39 is 30.5 Å². The van der Waals surface area contributed by atoms with E-state index >= 15 is 0 Å². The number of aliphatic hydroxyl groups excluding tert-OH is 3. The molecule has 78 valence electrons. The molecule has 1 rings (SSSR count). The number of methoxy groups -OCH3 is 1. The largest absolute Gasteiger partial charge is 0.389 e. The van der Waals surface area contributed by atoms with E-state index in [0.717, 1.165) is 0 Å². The predicted octanol–water partition coefficient (Wildman–Crippen LogP) is -2.81. The predicted molar refractivity (Wildman–Crippen MR) is 44.8 cm³/mol. The topological polar surface area (TPSA) is 94.0 Å². The summed E-state index contributed by atoms with van der Waals surface area (Å²) in [5.41, 5.74) is 5.34. The normalized spacial score (nSPS) is 45.5. The molecule has 1 saturated carbocycles. The first-order valence-corrected chi connectivity index (χ1v) is 4.12. The zero-order chi connectivity index (χ0) is 10.0. The first kappa shape index (κ1) is 10.8. The number of hydrogen-bond donors (Lipinski definition) is 5. The summed E-state index contributed by atoms with van der Waals surface area (Å²) in [5.74, 6) is 0. The highest BCUT2D eigenvalue weighted by Crippen LogP contribution is 2.23. The Bertz CT molecular complexity index is 169. The lowest BCUT2D eigenvalue weighted by atomic mass is 10.2. The molecule has 1 aliphatic carbocycles. The van der Waals surface area contributed by atoms with E-state index in [1.54, 1.807) is 7.05 Å². The van der Waals surface area contributed by atoms with Crippen LogP contribution in [0.4, 0.5) is 0 Å². The molecule has 0 amide bonds. The van der Waals surface area contributed by atoms with Gasteiger partial charge in [-0.1, -0.05) is 0 Å². The highest BCUT2D eigenvalue weighted by molar-refractivity contribution is 5.02. The van der Waals surface area contributed by atoms with Gasteiger partial charge in [0.1, 0.15) is 24.4 Å². The van der Waals surface area contributed by atoms with Crippen molar-refractivity contribution in [3.05, 3.63) is 0 Å². The average Bonchev–Trinajstić information content (AvgIpc) is 2.32. The fraction of sp³-hybridized carbons (Fsp3) is 1.00. The second-order valence-corrected chi connectivity index (χ2v) is 3.09. The number of ether oxygens (including phenoxy) is 1. The van der Waals surface area contributed by atoms with Crippen LogP contribution in [0, 0.1) is 0 Å². The maximum atomic E-state index is 9.47. The molecule has 0 heterocycles. The Balaban J connectivity index is 2.68. The standard InChI is InChI=1S/C7H16N2O4/c1-8-9-3-4(10)5(11)6(12)7(3)13-2/h3-12H,1-2H3/t3-,4+,5+,6+,7+/m1/s1. The van der Waals surface area contributed by atoms with E-state index in [2.05, 4.69) is 10.9 Å². The van der Waals surface area contributed by atoms with Crippen LogP contribution in [0.2, 0.25) is 0 Å². The second kappa shape index (κ2) is 4.32. The van der Waals surface area contributed by atoms with Gasteiger partial charge in [0.15, 0.2) is 0 Å². The van der Waals surface area contributed by atoms with Gasteiger partial charge in [-0.2, -0.15) is 0 Å². The summed E-state index contributed by atoms with van der Waals surface area (Å²) in [6.07, 6.45) is -3.88. The molecule has 0 aromatic heterocycles. The van der Waals surface area contributed by atoms with Crippen molar-refractivity contribution in [1.82, 2.24) is 10.9 Å². The molecule has 13 heavy (non-hydrogen) atoms. The van der Waals surface area contributed by atoms with Gasteiger partial charge in [-0.15, -0.1) is 0 Å². The first-order valence-electron chi connectivity index (χ1n) is 4.12. The Morgan fingerprint density at radius 3 is 2.15 bits per heavy atom. The third-order valence-electron chi connectivity index (χ3n) is 2.34. The van der Waals surface area contributed by atoms with Gasteiger partial charge in [0, 0.05) is 7.11 Å². The highest BCUT2D eigenvalue weighted by atomic mass is 16.5. The second-order valence-electron chi connectivity index (χ2n) is 3.09. The molecule has 0 aromatic carbocycles. The summed E-state index contributed by atoms with van der Waals surface area (Å²) >= 11 is 0. The fourth-order valence-corrected chi connectivity index (χ4v) is 1.64. The number of hydrazine groups is 1. The maximum Gasteiger partial charge on any atom is 0.110 e. The highest BCUT2D eigenvalue weighted by Gasteiger charge is 2.49. The lowest BCUT2D eigenvalue weighted by molar-refractivity contribution is -0.0519. The summed E-state index contributed by atoms with van der Waals surface area (Å²) in [4.78, 5) is 0. The molecule has 6 heteroatoms. The number of rotatable bonds is 3. The van der Waals surface area contributed by atoms with Gasteiger partial charge in [0.2, 0.25) is 0 Å². The summed E-state index contributed by atoms with van der Waals surface area (Å²) in [5, 5.41) is 28.2. The summed E-state index contributed by atoms with van der Waals surface area (Å²) in [6.45, 7) is 0. The van der Waals surface area contributed by atoms with Crippen molar-refractivity contribution in [2.75, 3.05) is 14.2 Å². The van der Waals surface area contributed by atoms with Gasteiger partial charge in [-0.25, -0.2) is 5.43 Å². The molecule has 0 bridgehead atoms. The molecule has 5 atom stereocenters. The number of nitrogens with one attached hydrogen (secondary N) is 2. The van der Waals surface area contributed by atoms with E-state index in [0.29, 0.717) is 0 Å². The van der Waals surface area contributed by atoms with E-state index in [1.807, 2.05) is 0 Å². The Hall–Kier alpha value is -0.240. The molecule has 0 saturated heterocycles. The van der Waals surface area contributed by atoms with Gasteiger partial charge in [0.05, 0.1) is 6.04 Å². The first-order chi connectivity index (χ1) is 6.13. The molecule has 0 unspecified atom stereocenters. The zero-order valence-electron chi connectivity index (χ0n) is 7.64. The molecule has 1 fully saturated rings. The number of hydrogen-bond acceptors (Lipinski definition) is 6. The number of aliphatic hydroxyl groups is 3. The smallest absolute Gasteiger partial charge is 0.110 e. The summed E-state index contributed by atoms with van der Waals surface area (Å²) in [7, 11) is 3.06. The summed E-state index contributed by atoms with van der Waals surface area (Å²) in [6, 6.07) is -0.514. The molecule has 5 N–H and O–H groups in total. The van der Waals surface area contributed by atoms with Crippen molar-refractivity contribution in [3.63, 3.8) is 0 Å². The van der Waals surface area contributed by atoms with Gasteiger partial charge < -0.3 is 20.1 Å². The Labute approximate surface area is 76.5 Å². The summed E-state index contributed by atoms with van der Waals surface area (Å²) < 4.78 is 4.96. The van der Waals surface area contributed by atoms with Crippen molar-refractivity contribution in [2.45, 2.75) is 30.5 Å². The van der Waals surface area contributed by atoms with Gasteiger partial charge >= 0.3 is 0 Å². The Morgan fingerprint density at radius 2 is 1.69 bits per heavy atom. The molecule has 0 aromatic rings. The maximum absolute atomic E-state index is 9.47. The van der Waals surface area contributed by atoms with Gasteiger partial charge in [0.25, 0.3) is 0 Å². The van der Waals surface area contributed by atoms with Gasteiger partial charge in [-0.05, 0) is 7.05 Å². The van der Waals surface area contributed by atoms with Crippen LogP contribution in [0.15, 0.2) is 0 Å². The lowest BCUT2D eigenvalue weighted by Gasteiger charge is -2.21. The van der Waals surface area contributed by atoms with Crippen LogP contribution in [0.3, 0.4) is 0 Å². The van der Waals surface area contributed by atoms with Crippen LogP contribution in [0.5, 0.6) is 0 Å². The van der Waals surface area contributed by atoms with Gasteiger partial charge in [-0.3, -0.25) is 5.43 Å². The molecule has 0 radical (unpaired) electrons. The minimum Gasteiger partial charge on any atom is -0.389 e. The molecular formula is C7H16N2O4. The van der Waals surface area contributed by atoms with Crippen LogP contribution in [-0.2, 0) is 4.74 Å². The monoisotopic (exact) mass is 192 g/mol. The third-order valence-corrected chi connectivity index (χ3v) is 2.34. The molecule has 0 spiro atoms. The van der Waals surface area contributed by atoms with E-state index in [1.165, 1.54) is 7.11 Å². The van der Waals surface area contributed by atoms with Crippen LogP contribution < -0.4 is 10.9 Å². The quantitative estimate of drug-likeness (QED) is 0.310. The minimum absolute atomic E-state index is 0.514. The lowest BCUT2D eigenvalue weighted by Crippen LogP contribution is -2.50. The van der Waals surface area contributed by atoms with Crippen molar-refractivity contribution in [1.29, 1.82) is 0 Å². The third kappa shape index (κ3) is 1.83. The van der Waals surface area contributed by atoms with Crippen LogP contribution in [0.25, 0.3) is 0 Å². The van der Waals surface area contributed by atoms with E-state index in [-0.39, 0.29) is 0 Å². The van der Waals surface area contributed by atoms with Crippen LogP contribution >= 0.6 is 0 Å². The van der Waals surface area contributed by atoms with Crippen molar-refractivity contribution < 1.29 is 20.1 Å². The molecule has 0 aliphatic heterocycles. The van der Waals surface area contributed by atoms with E-state index in [9.17, 15) is 15.3 Å². The van der Waals surface area contributed by atoms with Crippen LogP contribution in [-0.4, -0.2) is 59.9 Å². The Kier molecular flexibility index (Phi) is 3.60. The Morgan fingerprint density at radius 1 is 1.08 bits per heavy atom. The van der Waals surface area contributed by atoms with Crippen molar-refractivity contribution in [2.24, 2.45) is 0 Å². The van der Waals surface area contributed by atoms with Crippen LogP contribution in [0.1, 0.15) is 0 Å². The molecule has 6 nitrogen and oxygen atoms in total.